The Morgan fingerprint density at radius 2 is 1.68 bits per heavy atom. The van der Waals surface area contributed by atoms with E-state index in [4.69, 9.17) is 10.5 Å². The van der Waals surface area contributed by atoms with Crippen molar-refractivity contribution in [3.05, 3.63) is 100 Å². The minimum Gasteiger partial charge on any atom is -0.453 e. The minimum atomic E-state index is -4.98. The molecule has 5 rings (SSSR count). The van der Waals surface area contributed by atoms with E-state index in [0.29, 0.717) is 36.8 Å². The van der Waals surface area contributed by atoms with Gasteiger partial charge in [0.2, 0.25) is 5.91 Å². The lowest BCUT2D eigenvalue weighted by molar-refractivity contribution is -0.220. The van der Waals surface area contributed by atoms with Crippen molar-refractivity contribution in [1.82, 2.24) is 20.9 Å². The van der Waals surface area contributed by atoms with Crippen LogP contribution in [-0.4, -0.2) is 99.2 Å². The van der Waals surface area contributed by atoms with Crippen LogP contribution in [0.1, 0.15) is 41.7 Å². The number of amides is 2. The van der Waals surface area contributed by atoms with E-state index in [9.17, 15) is 36.6 Å². The molecule has 19 heteroatoms. The summed E-state index contributed by atoms with van der Waals surface area (Å²) in [4.78, 5) is 35.2. The first kappa shape index (κ1) is 45.4. The number of alkyl halides is 5. The van der Waals surface area contributed by atoms with Crippen LogP contribution < -0.4 is 26.6 Å². The molecule has 0 aliphatic carbocycles. The van der Waals surface area contributed by atoms with Crippen LogP contribution in [0.5, 0.6) is 0 Å². The number of benzene rings is 2. The van der Waals surface area contributed by atoms with Gasteiger partial charge < -0.3 is 41.2 Å². The van der Waals surface area contributed by atoms with Gasteiger partial charge in [0.1, 0.15) is 23.5 Å². The fraction of sp³-hybridized carbons (Fsp3) is 0.415. The molecule has 2 saturated heterocycles. The van der Waals surface area contributed by atoms with Gasteiger partial charge in [0.05, 0.1) is 43.3 Å². The maximum absolute atomic E-state index is 15.0. The normalized spacial score (nSPS) is 16.7. The van der Waals surface area contributed by atoms with Gasteiger partial charge in [0.15, 0.2) is 0 Å². The summed E-state index contributed by atoms with van der Waals surface area (Å²) in [5, 5.41) is 18.3. The summed E-state index contributed by atoms with van der Waals surface area (Å²) in [5.41, 5.74) is 3.77. The molecule has 0 saturated carbocycles. The average molecular weight is 848 g/mol. The zero-order valence-electron chi connectivity index (χ0n) is 32.8. The standard InChI is InChI=1S/C41H44F7N7O5/c1-39(2,41(46,47)48)35(54-38(58)59-3)36(57)53-32(33(56)19-50-18-29-30(42)13-27(14-31(29)43)28(15-49)17-52-37(44)45)12-25-7-4-24(5-8-25)6-9-26-10-11-34(51-16-26)55-20-40(21-55)22-60-23-40/h4-5,7-8,10-11,13-17,32-33,35,37,50,56H,12,18-23,49H2,1-3H3,(H,53,57)(H,54,58)/t32-,33-,35?/m0/s1. The van der Waals surface area contributed by atoms with Crippen molar-refractivity contribution in [1.29, 1.82) is 0 Å². The number of allylic oxidation sites excluding steroid dienone is 1. The number of halogens is 7. The zero-order chi connectivity index (χ0) is 43.8. The van der Waals surface area contributed by atoms with E-state index in [1.165, 1.54) is 0 Å². The molecule has 1 unspecified atom stereocenters. The Hall–Kier alpha value is -5.71. The first-order valence-electron chi connectivity index (χ1n) is 18.6. The molecule has 3 atom stereocenters. The van der Waals surface area contributed by atoms with Crippen molar-refractivity contribution in [3.63, 3.8) is 0 Å². The van der Waals surface area contributed by atoms with E-state index >= 15 is 8.78 Å². The quantitative estimate of drug-likeness (QED) is 0.0633. The molecule has 1 spiro atoms. The fourth-order valence-electron chi connectivity index (χ4n) is 6.51. The highest BCUT2D eigenvalue weighted by atomic mass is 19.4. The number of alkyl carbamates (subject to hydrolysis) is 1. The van der Waals surface area contributed by atoms with Crippen LogP contribution in [0.3, 0.4) is 0 Å². The van der Waals surface area contributed by atoms with Crippen LogP contribution in [0.4, 0.5) is 41.3 Å². The number of anilines is 1. The van der Waals surface area contributed by atoms with Gasteiger partial charge in [-0.1, -0.05) is 24.0 Å². The number of methoxy groups -OCH3 is 1. The number of aromatic nitrogens is 1. The van der Waals surface area contributed by atoms with Crippen molar-refractivity contribution in [3.8, 4) is 11.8 Å². The highest BCUT2D eigenvalue weighted by molar-refractivity contribution is 6.09. The maximum Gasteiger partial charge on any atom is 0.407 e. The lowest BCUT2D eigenvalue weighted by atomic mass is 9.78. The third-order valence-corrected chi connectivity index (χ3v) is 10.3. The number of ether oxygens (including phenoxy) is 2. The van der Waals surface area contributed by atoms with Gasteiger partial charge in [-0.15, -0.1) is 0 Å². The van der Waals surface area contributed by atoms with Gasteiger partial charge in [-0.05, 0) is 67.8 Å². The van der Waals surface area contributed by atoms with Crippen molar-refractivity contribution < 1.29 is 54.9 Å². The number of nitrogens with zero attached hydrogens (tertiary/aromatic N) is 3. The Bertz CT molecular complexity index is 2090. The van der Waals surface area contributed by atoms with Gasteiger partial charge in [0.25, 0.3) is 0 Å². The summed E-state index contributed by atoms with van der Waals surface area (Å²) < 4.78 is 107. The molecule has 2 aromatic carbocycles. The highest BCUT2D eigenvalue weighted by Crippen LogP contribution is 2.41. The lowest BCUT2D eigenvalue weighted by Crippen LogP contribution is -2.66. The summed E-state index contributed by atoms with van der Waals surface area (Å²) in [7, 11) is 0.909. The molecule has 2 aliphatic heterocycles. The number of carbonyl (C=O) groups excluding carboxylic acids is 2. The number of aliphatic hydroxyl groups excluding tert-OH is 1. The van der Waals surface area contributed by atoms with E-state index in [1.807, 2.05) is 17.4 Å². The number of hydrogen-bond acceptors (Lipinski definition) is 10. The molecule has 2 aliphatic rings. The smallest absolute Gasteiger partial charge is 0.407 e. The number of nitrogens with one attached hydrogen (secondary N) is 3. The first-order chi connectivity index (χ1) is 28.3. The molecule has 2 amide bonds. The van der Waals surface area contributed by atoms with Gasteiger partial charge in [0, 0.05) is 67.1 Å². The van der Waals surface area contributed by atoms with E-state index in [0.717, 1.165) is 57.6 Å². The molecule has 322 valence electrons. The molecule has 2 fully saturated rings. The molecule has 1 aromatic heterocycles. The van der Waals surface area contributed by atoms with E-state index in [-0.39, 0.29) is 23.0 Å². The number of aliphatic hydroxyl groups is 1. The van der Waals surface area contributed by atoms with Crippen LogP contribution in [0.2, 0.25) is 0 Å². The van der Waals surface area contributed by atoms with Gasteiger partial charge in [-0.2, -0.15) is 22.0 Å². The van der Waals surface area contributed by atoms with Crippen LogP contribution in [0.15, 0.2) is 65.9 Å². The van der Waals surface area contributed by atoms with Crippen LogP contribution in [0, 0.1) is 34.3 Å². The molecule has 12 nitrogen and oxygen atoms in total. The summed E-state index contributed by atoms with van der Waals surface area (Å²) in [6.07, 6.45) is -4.85. The summed E-state index contributed by atoms with van der Waals surface area (Å²) in [5.74, 6) is 3.45. The number of hydrogen-bond donors (Lipinski definition) is 5. The third-order valence-electron chi connectivity index (χ3n) is 10.3. The Balaban J connectivity index is 1.30. The Morgan fingerprint density at radius 1 is 1.05 bits per heavy atom. The fourth-order valence-corrected chi connectivity index (χ4v) is 6.51. The molecule has 6 N–H and O–H groups in total. The number of pyridine rings is 1. The molecule has 3 heterocycles. The van der Waals surface area contributed by atoms with E-state index in [1.54, 1.807) is 30.5 Å². The second-order valence-corrected chi connectivity index (χ2v) is 15.1. The number of aliphatic imine (C=N–C) groups is 1. The zero-order valence-corrected chi connectivity index (χ0v) is 32.8. The van der Waals surface area contributed by atoms with E-state index < -0.39 is 78.6 Å². The Labute approximate surface area is 341 Å². The van der Waals surface area contributed by atoms with Gasteiger partial charge in [-0.25, -0.2) is 23.6 Å². The minimum absolute atomic E-state index is 0.152. The highest BCUT2D eigenvalue weighted by Gasteiger charge is 2.56. The van der Waals surface area contributed by atoms with Crippen molar-refractivity contribution >= 4 is 29.6 Å². The molecule has 60 heavy (non-hydrogen) atoms. The van der Waals surface area contributed by atoms with Gasteiger partial charge >= 0.3 is 18.8 Å². The van der Waals surface area contributed by atoms with Gasteiger partial charge in [-0.3, -0.25) is 4.79 Å². The largest absolute Gasteiger partial charge is 0.453 e. The monoisotopic (exact) mass is 847 g/mol. The van der Waals surface area contributed by atoms with E-state index in [2.05, 4.69) is 42.1 Å². The van der Waals surface area contributed by atoms with Crippen LogP contribution in [-0.2, 0) is 27.2 Å². The summed E-state index contributed by atoms with van der Waals surface area (Å²) in [6, 6.07) is 8.53. The molecular formula is C41H44F7N7O5. The third kappa shape index (κ3) is 11.1. The predicted molar refractivity (Wildman–Crippen MR) is 208 cm³/mol. The number of nitrogens with two attached hydrogens (primary N) is 1. The molecule has 0 bridgehead atoms. The SMILES string of the molecule is COC(=O)NC(C(=O)N[C@@H](Cc1ccc(C#Cc2ccc(N3CC4(COC4)C3)nc2)cc1)[C@@H](O)CNCc1c(F)cc(C(C=NC(F)F)=CN)cc1F)C(C)(C)C(F)(F)F. The molecular weight excluding hydrogens is 803 g/mol. The van der Waals surface area contributed by atoms with Crippen molar-refractivity contribution in [2.45, 2.75) is 57.7 Å². The average Bonchev–Trinajstić information content (AvgIpc) is 3.16. The number of carbonyl (C=O) groups is 2. The van der Waals surface area contributed by atoms with Crippen molar-refractivity contribution in [2.24, 2.45) is 21.6 Å². The van der Waals surface area contributed by atoms with Crippen LogP contribution >= 0.6 is 0 Å². The Morgan fingerprint density at radius 3 is 2.22 bits per heavy atom. The number of rotatable bonds is 15. The van der Waals surface area contributed by atoms with Crippen LogP contribution in [0.25, 0.3) is 5.57 Å². The summed E-state index contributed by atoms with van der Waals surface area (Å²) >= 11 is 0. The second-order valence-electron chi connectivity index (χ2n) is 15.1. The maximum atomic E-state index is 15.0. The second kappa shape index (κ2) is 19.1. The Kier molecular flexibility index (Phi) is 14.5. The van der Waals surface area contributed by atoms with Crippen molar-refractivity contribution in [2.75, 3.05) is 44.9 Å². The lowest BCUT2D eigenvalue weighted by Gasteiger charge is -2.55. The molecule has 0 radical (unpaired) electrons. The topological polar surface area (TPSA) is 163 Å². The predicted octanol–water partition coefficient (Wildman–Crippen LogP) is 4.68. The first-order valence-corrected chi connectivity index (χ1v) is 18.6. The molecule has 3 aromatic rings. The summed E-state index contributed by atoms with van der Waals surface area (Å²) in [6.45, 7) is 0.688.